The molecule has 10 rings (SSSR count). The van der Waals surface area contributed by atoms with Crippen LogP contribution in [0.3, 0.4) is 0 Å². The van der Waals surface area contributed by atoms with Gasteiger partial charge < -0.3 is 13.9 Å². The molecule has 0 aliphatic carbocycles. The molecule has 0 radical (unpaired) electrons. The van der Waals surface area contributed by atoms with Crippen LogP contribution < -0.4 is 4.90 Å². The fourth-order valence-corrected chi connectivity index (χ4v) is 7.58. The van der Waals surface area contributed by atoms with Crippen molar-refractivity contribution in [2.75, 3.05) is 4.90 Å². The minimum atomic E-state index is 0.899. The Morgan fingerprint density at radius 2 is 1.04 bits per heavy atom. The van der Waals surface area contributed by atoms with E-state index in [2.05, 4.69) is 191 Å². The van der Waals surface area contributed by atoms with Crippen molar-refractivity contribution in [1.29, 1.82) is 0 Å². The van der Waals surface area contributed by atoms with Gasteiger partial charge in [0, 0.05) is 38.8 Å². The normalized spacial score (nSPS) is 11.7. The smallest absolute Gasteiger partial charge is 0.161 e. The molecule has 0 aliphatic heterocycles. The Kier molecular flexibility index (Phi) is 6.18. The molecule has 0 spiro atoms. The van der Waals surface area contributed by atoms with Crippen LogP contribution in [0.5, 0.6) is 0 Å². The van der Waals surface area contributed by atoms with Gasteiger partial charge in [-0.05, 0) is 82.4 Å². The van der Waals surface area contributed by atoms with Gasteiger partial charge in [0.2, 0.25) is 0 Å². The van der Waals surface area contributed by atoms with E-state index in [0.717, 1.165) is 66.8 Å². The quantitative estimate of drug-likeness (QED) is 0.177. The molecule has 49 heavy (non-hydrogen) atoms. The third-order valence-corrected chi connectivity index (χ3v) is 9.75. The van der Waals surface area contributed by atoms with E-state index < -0.39 is 0 Å². The first-order valence-corrected chi connectivity index (χ1v) is 16.7. The zero-order valence-electron chi connectivity index (χ0n) is 26.6. The molecule has 0 aliphatic rings. The molecule has 2 heterocycles. The molecule has 8 aromatic carbocycles. The van der Waals surface area contributed by atoms with Gasteiger partial charge >= 0.3 is 0 Å². The van der Waals surface area contributed by atoms with Crippen LogP contribution in [0.2, 0.25) is 0 Å². The van der Waals surface area contributed by atoms with Gasteiger partial charge in [-0.15, -0.1) is 0 Å². The van der Waals surface area contributed by atoms with Crippen LogP contribution >= 0.6 is 0 Å². The number of aromatic nitrogens is 1. The van der Waals surface area contributed by atoms with Crippen molar-refractivity contribution in [3.63, 3.8) is 0 Å². The van der Waals surface area contributed by atoms with Gasteiger partial charge in [0.25, 0.3) is 0 Å². The first kappa shape index (κ1) is 27.5. The number of hydrogen-bond acceptors (Lipinski definition) is 2. The molecule has 0 atom stereocenters. The van der Waals surface area contributed by atoms with E-state index >= 15 is 0 Å². The van der Waals surface area contributed by atoms with Crippen molar-refractivity contribution in [1.82, 2.24) is 4.57 Å². The molecule has 0 saturated heterocycles. The molecule has 3 heteroatoms. The van der Waals surface area contributed by atoms with Gasteiger partial charge in [-0.2, -0.15) is 0 Å². The molecule has 0 N–H and O–H groups in total. The summed E-state index contributed by atoms with van der Waals surface area (Å²) in [4.78, 5) is 2.37. The van der Waals surface area contributed by atoms with Crippen molar-refractivity contribution >= 4 is 71.6 Å². The van der Waals surface area contributed by atoms with E-state index in [9.17, 15) is 0 Å². The maximum atomic E-state index is 6.83. The lowest BCUT2D eigenvalue weighted by molar-refractivity contribution is 0.674. The summed E-state index contributed by atoms with van der Waals surface area (Å²) < 4.78 is 9.16. The average molecular weight is 627 g/mol. The van der Waals surface area contributed by atoms with Gasteiger partial charge in [0.1, 0.15) is 11.1 Å². The fourth-order valence-electron chi connectivity index (χ4n) is 7.58. The first-order valence-electron chi connectivity index (χ1n) is 16.7. The summed E-state index contributed by atoms with van der Waals surface area (Å²) in [5, 5.41) is 7.16. The molecule has 0 unspecified atom stereocenters. The SMILES string of the molecule is c1ccc(N(c2ccc(-c3cccc4c3oc3c5ccccc5n(-c5ccccc5)c43)cc2)c2cc3ccccc3c3ccccc23)cc1. The summed E-state index contributed by atoms with van der Waals surface area (Å²) in [7, 11) is 0. The monoisotopic (exact) mass is 626 g/mol. The second-order valence-electron chi connectivity index (χ2n) is 12.5. The number of fused-ring (bicyclic) bond motifs is 8. The van der Waals surface area contributed by atoms with Crippen LogP contribution in [0.1, 0.15) is 0 Å². The molecule has 230 valence electrons. The first-order chi connectivity index (χ1) is 24.3. The van der Waals surface area contributed by atoms with E-state index in [0.29, 0.717) is 0 Å². The lowest BCUT2D eigenvalue weighted by Gasteiger charge is -2.27. The number of benzene rings is 8. The minimum absolute atomic E-state index is 0.899. The summed E-state index contributed by atoms with van der Waals surface area (Å²) in [5.74, 6) is 0. The zero-order valence-corrected chi connectivity index (χ0v) is 26.6. The Bertz CT molecular complexity index is 2810. The van der Waals surface area contributed by atoms with Gasteiger partial charge in [-0.25, -0.2) is 0 Å². The summed E-state index contributed by atoms with van der Waals surface area (Å²) in [6.45, 7) is 0. The highest BCUT2D eigenvalue weighted by Crippen LogP contribution is 2.44. The maximum absolute atomic E-state index is 6.83. The predicted octanol–water partition coefficient (Wildman–Crippen LogP) is 13.0. The number of para-hydroxylation sites is 4. The van der Waals surface area contributed by atoms with E-state index in [1.54, 1.807) is 0 Å². The summed E-state index contributed by atoms with van der Waals surface area (Å²) >= 11 is 0. The fraction of sp³-hybridized carbons (Fsp3) is 0. The summed E-state index contributed by atoms with van der Waals surface area (Å²) in [5.41, 5.74) is 10.7. The molecule has 0 bridgehead atoms. The Morgan fingerprint density at radius 3 is 1.84 bits per heavy atom. The Morgan fingerprint density at radius 1 is 0.429 bits per heavy atom. The molecular weight excluding hydrogens is 597 g/mol. The topological polar surface area (TPSA) is 21.3 Å². The summed E-state index contributed by atoms with van der Waals surface area (Å²) in [6, 6.07) is 64.8. The van der Waals surface area contributed by atoms with Crippen molar-refractivity contribution in [2.45, 2.75) is 0 Å². The molecular formula is C46H30N2O. The van der Waals surface area contributed by atoms with E-state index in [-0.39, 0.29) is 0 Å². The van der Waals surface area contributed by atoms with Gasteiger partial charge in [0.05, 0.1) is 11.2 Å². The van der Waals surface area contributed by atoms with Crippen LogP contribution in [0.4, 0.5) is 17.1 Å². The van der Waals surface area contributed by atoms with E-state index in [1.165, 1.54) is 21.5 Å². The molecule has 0 amide bonds. The third kappa shape index (κ3) is 4.29. The predicted molar refractivity (Wildman–Crippen MR) is 206 cm³/mol. The van der Waals surface area contributed by atoms with Crippen LogP contribution in [-0.2, 0) is 0 Å². The van der Waals surface area contributed by atoms with Gasteiger partial charge in [-0.3, -0.25) is 0 Å². The van der Waals surface area contributed by atoms with Gasteiger partial charge in [-0.1, -0.05) is 121 Å². The van der Waals surface area contributed by atoms with Crippen LogP contribution in [-0.4, -0.2) is 4.57 Å². The van der Waals surface area contributed by atoms with Crippen LogP contribution in [0.25, 0.3) is 71.3 Å². The van der Waals surface area contributed by atoms with Crippen LogP contribution in [0, 0.1) is 0 Å². The lowest BCUT2D eigenvalue weighted by atomic mass is 9.98. The average Bonchev–Trinajstić information content (AvgIpc) is 3.71. The third-order valence-electron chi connectivity index (χ3n) is 9.75. The minimum Gasteiger partial charge on any atom is -0.453 e. The number of nitrogens with zero attached hydrogens (tertiary/aromatic N) is 2. The molecule has 0 fully saturated rings. The Hall–Kier alpha value is -6.58. The highest BCUT2D eigenvalue weighted by atomic mass is 16.3. The number of hydrogen-bond donors (Lipinski definition) is 0. The van der Waals surface area contributed by atoms with E-state index in [1.807, 2.05) is 0 Å². The zero-order chi connectivity index (χ0) is 32.3. The maximum Gasteiger partial charge on any atom is 0.161 e. The second-order valence-corrected chi connectivity index (χ2v) is 12.5. The van der Waals surface area contributed by atoms with Gasteiger partial charge in [0.15, 0.2) is 5.58 Å². The largest absolute Gasteiger partial charge is 0.453 e. The molecule has 3 nitrogen and oxygen atoms in total. The van der Waals surface area contributed by atoms with Crippen molar-refractivity contribution in [3.8, 4) is 16.8 Å². The standard InChI is InChI=1S/C46H30N2O/c1-3-15-33(16-4-1)47(43-30-32-14-7-8-19-36(32)38-20-9-10-21-39(38)43)35-28-26-31(27-29-35)37-23-13-24-41-44-46(49-45(37)41)40-22-11-12-25-42(40)48(44)34-17-5-2-6-18-34/h1-30H. The molecule has 0 saturated carbocycles. The number of furan rings is 1. The highest BCUT2D eigenvalue weighted by Gasteiger charge is 2.22. The summed E-state index contributed by atoms with van der Waals surface area (Å²) in [6.07, 6.45) is 0. The Labute approximate surface area is 283 Å². The van der Waals surface area contributed by atoms with E-state index in [4.69, 9.17) is 4.42 Å². The molecule has 10 aromatic rings. The Balaban J connectivity index is 1.15. The van der Waals surface area contributed by atoms with Crippen molar-refractivity contribution in [2.24, 2.45) is 0 Å². The number of anilines is 3. The second kappa shape index (κ2) is 11.0. The molecule has 2 aromatic heterocycles. The number of rotatable bonds is 5. The van der Waals surface area contributed by atoms with Crippen molar-refractivity contribution in [3.05, 3.63) is 182 Å². The van der Waals surface area contributed by atoms with Crippen LogP contribution in [0.15, 0.2) is 186 Å². The van der Waals surface area contributed by atoms with Crippen molar-refractivity contribution < 1.29 is 4.42 Å². The lowest BCUT2D eigenvalue weighted by Crippen LogP contribution is -2.10. The highest BCUT2D eigenvalue weighted by molar-refractivity contribution is 6.18.